The molecule has 2 fully saturated rings. The molecule has 168 valence electrons. The highest BCUT2D eigenvalue weighted by atomic mass is 16.2. The predicted octanol–water partition coefficient (Wildman–Crippen LogP) is 4.10. The third-order valence-corrected chi connectivity index (χ3v) is 8.11. The number of rotatable bonds is 5. The Bertz CT molecular complexity index is 871. The van der Waals surface area contributed by atoms with E-state index in [1.165, 1.54) is 5.56 Å². The molecule has 1 aromatic carbocycles. The maximum absolute atomic E-state index is 13.2. The normalized spacial score (nSPS) is 28.4. The Hall–Kier alpha value is -2.37. The van der Waals surface area contributed by atoms with Crippen molar-refractivity contribution < 1.29 is 14.4 Å². The Morgan fingerprint density at radius 3 is 2.61 bits per heavy atom. The molecule has 0 bridgehead atoms. The van der Waals surface area contributed by atoms with Crippen molar-refractivity contribution in [1.29, 1.82) is 0 Å². The average Bonchev–Trinajstić information content (AvgIpc) is 2.98. The molecule has 1 saturated heterocycles. The van der Waals surface area contributed by atoms with E-state index in [1.807, 2.05) is 12.1 Å². The largest absolute Gasteiger partial charge is 0.348 e. The molecule has 6 nitrogen and oxygen atoms in total. The number of carbonyl (C=O) groups excluding carboxylic acids is 3. The molecular formula is C25H35N3O3. The zero-order valence-corrected chi connectivity index (χ0v) is 19.0. The van der Waals surface area contributed by atoms with Crippen LogP contribution in [0.15, 0.2) is 24.3 Å². The lowest BCUT2D eigenvalue weighted by Crippen LogP contribution is -2.51. The van der Waals surface area contributed by atoms with Crippen molar-refractivity contribution in [3.8, 4) is 0 Å². The van der Waals surface area contributed by atoms with E-state index >= 15 is 0 Å². The van der Waals surface area contributed by atoms with Crippen LogP contribution < -0.4 is 10.6 Å². The second-order valence-electron chi connectivity index (χ2n) is 10.2. The molecule has 1 saturated carbocycles. The van der Waals surface area contributed by atoms with E-state index in [9.17, 15) is 14.4 Å². The number of carbonyl (C=O) groups is 3. The third kappa shape index (κ3) is 4.09. The maximum Gasteiger partial charge on any atom is 0.325 e. The van der Waals surface area contributed by atoms with E-state index in [4.69, 9.17) is 0 Å². The fraction of sp³-hybridized carbons (Fsp3) is 0.640. The molecule has 2 N–H and O–H groups in total. The van der Waals surface area contributed by atoms with Crippen LogP contribution in [0, 0.1) is 11.3 Å². The van der Waals surface area contributed by atoms with Gasteiger partial charge in [-0.15, -0.1) is 0 Å². The summed E-state index contributed by atoms with van der Waals surface area (Å²) in [6.45, 7) is 6.56. The molecule has 3 aliphatic rings. The Morgan fingerprint density at radius 2 is 1.90 bits per heavy atom. The summed E-state index contributed by atoms with van der Waals surface area (Å²) in [6, 6.07) is 7.67. The molecule has 1 spiro atoms. The van der Waals surface area contributed by atoms with Crippen molar-refractivity contribution in [2.24, 2.45) is 11.3 Å². The van der Waals surface area contributed by atoms with Gasteiger partial charge in [-0.05, 0) is 67.4 Å². The van der Waals surface area contributed by atoms with E-state index in [0.29, 0.717) is 18.8 Å². The van der Waals surface area contributed by atoms with Crippen LogP contribution in [-0.2, 0) is 16.0 Å². The summed E-state index contributed by atoms with van der Waals surface area (Å²) >= 11 is 0. The van der Waals surface area contributed by atoms with Crippen LogP contribution in [0.5, 0.6) is 0 Å². The number of nitrogens with one attached hydrogen (secondary N) is 2. The van der Waals surface area contributed by atoms with Gasteiger partial charge in [-0.1, -0.05) is 51.5 Å². The monoisotopic (exact) mass is 425 g/mol. The average molecular weight is 426 g/mol. The van der Waals surface area contributed by atoms with Crippen molar-refractivity contribution in [2.45, 2.75) is 83.7 Å². The van der Waals surface area contributed by atoms with Crippen LogP contribution in [-0.4, -0.2) is 34.8 Å². The minimum Gasteiger partial charge on any atom is -0.348 e. The Balaban J connectivity index is 1.39. The lowest BCUT2D eigenvalue weighted by molar-refractivity contribution is -0.136. The van der Waals surface area contributed by atoms with Crippen LogP contribution in [0.25, 0.3) is 0 Å². The fourth-order valence-electron chi connectivity index (χ4n) is 5.63. The molecule has 0 aromatic heterocycles. The van der Waals surface area contributed by atoms with Gasteiger partial charge >= 0.3 is 6.03 Å². The standard InChI is InChI=1S/C25H35N3O3/c1-4-24(2,3)18-12-14-25(15-13-18)22(30)28(23(31)27-25)16-21(29)26-20-11-7-9-17-8-5-6-10-19(17)20/h5-6,8,10,18,20H,4,7,9,11-16H2,1-3H3,(H,26,29)(H,27,31)/t18?,20-,25?/m0/s1. The van der Waals surface area contributed by atoms with Gasteiger partial charge in [0.2, 0.25) is 5.91 Å². The summed E-state index contributed by atoms with van der Waals surface area (Å²) in [4.78, 5) is 39.7. The van der Waals surface area contributed by atoms with Crippen molar-refractivity contribution in [1.82, 2.24) is 15.5 Å². The summed E-state index contributed by atoms with van der Waals surface area (Å²) in [5, 5.41) is 6.00. The maximum atomic E-state index is 13.2. The number of urea groups is 1. The van der Waals surface area contributed by atoms with Gasteiger partial charge in [0.15, 0.2) is 0 Å². The van der Waals surface area contributed by atoms with Gasteiger partial charge in [0.1, 0.15) is 12.1 Å². The zero-order chi connectivity index (χ0) is 22.2. The molecule has 31 heavy (non-hydrogen) atoms. The zero-order valence-electron chi connectivity index (χ0n) is 19.0. The highest BCUT2D eigenvalue weighted by Crippen LogP contribution is 2.45. The number of aryl methyl sites for hydroxylation is 1. The molecule has 6 heteroatoms. The van der Waals surface area contributed by atoms with Gasteiger partial charge in [-0.3, -0.25) is 14.5 Å². The van der Waals surface area contributed by atoms with Crippen molar-refractivity contribution in [2.75, 3.05) is 6.54 Å². The lowest BCUT2D eigenvalue weighted by Gasteiger charge is -2.42. The number of nitrogens with zero attached hydrogens (tertiary/aromatic N) is 1. The number of amides is 4. The second kappa shape index (κ2) is 8.29. The van der Waals surface area contributed by atoms with Gasteiger partial charge < -0.3 is 10.6 Å². The highest BCUT2D eigenvalue weighted by molar-refractivity contribution is 6.09. The third-order valence-electron chi connectivity index (χ3n) is 8.11. The SMILES string of the molecule is CCC(C)(C)C1CCC2(CC1)NC(=O)N(CC(=O)N[C@H]1CCCc3ccccc31)C2=O. The van der Waals surface area contributed by atoms with Gasteiger partial charge in [0, 0.05) is 0 Å². The van der Waals surface area contributed by atoms with Gasteiger partial charge in [0.25, 0.3) is 5.91 Å². The van der Waals surface area contributed by atoms with Crippen LogP contribution in [0.4, 0.5) is 4.79 Å². The molecule has 4 rings (SSSR count). The van der Waals surface area contributed by atoms with E-state index in [1.54, 1.807) is 0 Å². The van der Waals surface area contributed by atoms with Gasteiger partial charge in [-0.25, -0.2) is 4.79 Å². The summed E-state index contributed by atoms with van der Waals surface area (Å²) in [5.41, 5.74) is 1.82. The first-order chi connectivity index (χ1) is 14.8. The van der Waals surface area contributed by atoms with E-state index in [2.05, 4.69) is 43.5 Å². The summed E-state index contributed by atoms with van der Waals surface area (Å²) in [5.74, 6) is 0.0454. The first kappa shape index (κ1) is 21.8. The molecule has 1 aromatic rings. The van der Waals surface area contributed by atoms with E-state index in [-0.39, 0.29) is 29.8 Å². The number of hydrogen-bond donors (Lipinski definition) is 2. The summed E-state index contributed by atoms with van der Waals surface area (Å²) in [7, 11) is 0. The number of benzene rings is 1. The Morgan fingerprint density at radius 1 is 1.19 bits per heavy atom. The predicted molar refractivity (Wildman–Crippen MR) is 119 cm³/mol. The quantitative estimate of drug-likeness (QED) is 0.697. The molecule has 1 heterocycles. The highest BCUT2D eigenvalue weighted by Gasteiger charge is 2.53. The minimum atomic E-state index is -0.824. The summed E-state index contributed by atoms with van der Waals surface area (Å²) < 4.78 is 0. The summed E-state index contributed by atoms with van der Waals surface area (Å²) in [6.07, 6.45) is 7.16. The molecular weight excluding hydrogens is 390 g/mol. The molecule has 2 aliphatic carbocycles. The van der Waals surface area contributed by atoms with Crippen molar-refractivity contribution in [3.63, 3.8) is 0 Å². The van der Waals surface area contributed by atoms with Crippen LogP contribution in [0.2, 0.25) is 0 Å². The van der Waals surface area contributed by atoms with Gasteiger partial charge in [-0.2, -0.15) is 0 Å². The van der Waals surface area contributed by atoms with Crippen LogP contribution in [0.1, 0.15) is 82.9 Å². The van der Waals surface area contributed by atoms with Crippen molar-refractivity contribution in [3.05, 3.63) is 35.4 Å². The van der Waals surface area contributed by atoms with E-state index in [0.717, 1.165) is 49.0 Å². The van der Waals surface area contributed by atoms with Crippen molar-refractivity contribution >= 4 is 17.8 Å². The molecule has 1 aliphatic heterocycles. The first-order valence-electron chi connectivity index (χ1n) is 11.8. The van der Waals surface area contributed by atoms with Crippen LogP contribution >= 0.6 is 0 Å². The number of hydrogen-bond acceptors (Lipinski definition) is 3. The number of imide groups is 1. The van der Waals surface area contributed by atoms with Crippen LogP contribution in [0.3, 0.4) is 0 Å². The molecule has 4 amide bonds. The minimum absolute atomic E-state index is 0.0566. The van der Waals surface area contributed by atoms with E-state index < -0.39 is 11.6 Å². The smallest absolute Gasteiger partial charge is 0.325 e. The molecule has 1 atom stereocenters. The number of fused-ring (bicyclic) bond motifs is 1. The topological polar surface area (TPSA) is 78.5 Å². The fourth-order valence-corrected chi connectivity index (χ4v) is 5.63. The molecule has 0 radical (unpaired) electrons. The first-order valence-corrected chi connectivity index (χ1v) is 11.8. The van der Waals surface area contributed by atoms with Gasteiger partial charge in [0.05, 0.1) is 6.04 Å². The lowest BCUT2D eigenvalue weighted by atomic mass is 9.65. The molecule has 0 unspecified atom stereocenters. The Labute approximate surface area is 185 Å². The second-order valence-corrected chi connectivity index (χ2v) is 10.2. The Kier molecular flexibility index (Phi) is 5.84.